The number of piperazine rings is 1. The standard InChI is InChI=1S/C7H13N3O2/c1-5-7(12)9-2-3-10(5)6(11)4-8/h5H,2-4,8H2,1H3,(H,9,12). The van der Waals surface area contributed by atoms with Crippen molar-refractivity contribution >= 4 is 11.8 Å². The average molecular weight is 171 g/mol. The molecule has 0 aromatic rings. The third kappa shape index (κ3) is 1.55. The summed E-state index contributed by atoms with van der Waals surface area (Å²) in [5.74, 6) is -0.277. The van der Waals surface area contributed by atoms with Crippen molar-refractivity contribution in [3.05, 3.63) is 0 Å². The highest BCUT2D eigenvalue weighted by molar-refractivity contribution is 5.89. The Kier molecular flexibility index (Phi) is 2.65. The number of nitrogens with one attached hydrogen (secondary N) is 1. The fraction of sp³-hybridized carbons (Fsp3) is 0.714. The van der Waals surface area contributed by atoms with Crippen molar-refractivity contribution in [1.29, 1.82) is 0 Å². The van der Waals surface area contributed by atoms with E-state index in [1.54, 1.807) is 6.92 Å². The van der Waals surface area contributed by atoms with E-state index in [9.17, 15) is 9.59 Å². The van der Waals surface area contributed by atoms with Crippen LogP contribution in [0.3, 0.4) is 0 Å². The van der Waals surface area contributed by atoms with Crippen molar-refractivity contribution in [2.45, 2.75) is 13.0 Å². The summed E-state index contributed by atoms with van der Waals surface area (Å²) in [6.07, 6.45) is 0. The Morgan fingerprint density at radius 3 is 3.08 bits per heavy atom. The molecule has 0 aromatic carbocycles. The Morgan fingerprint density at radius 2 is 2.50 bits per heavy atom. The van der Waals surface area contributed by atoms with Crippen LogP contribution in [0, 0.1) is 0 Å². The Balaban J connectivity index is 2.63. The van der Waals surface area contributed by atoms with Gasteiger partial charge in [0.05, 0.1) is 6.54 Å². The van der Waals surface area contributed by atoms with Crippen molar-refractivity contribution in [1.82, 2.24) is 10.2 Å². The highest BCUT2D eigenvalue weighted by Gasteiger charge is 2.27. The first kappa shape index (κ1) is 8.99. The molecule has 0 aromatic heterocycles. The molecule has 0 saturated carbocycles. The van der Waals surface area contributed by atoms with Gasteiger partial charge < -0.3 is 16.0 Å². The molecule has 0 bridgehead atoms. The van der Waals surface area contributed by atoms with Crippen molar-refractivity contribution in [2.75, 3.05) is 19.6 Å². The van der Waals surface area contributed by atoms with E-state index in [0.29, 0.717) is 13.1 Å². The van der Waals surface area contributed by atoms with E-state index in [2.05, 4.69) is 5.32 Å². The summed E-state index contributed by atoms with van der Waals surface area (Å²) in [6, 6.07) is -0.380. The van der Waals surface area contributed by atoms with Crippen LogP contribution in [0.1, 0.15) is 6.92 Å². The number of hydrogen-bond acceptors (Lipinski definition) is 3. The quantitative estimate of drug-likeness (QED) is 0.493. The summed E-state index contributed by atoms with van der Waals surface area (Å²) in [6.45, 7) is 2.75. The maximum absolute atomic E-state index is 11.1. The zero-order chi connectivity index (χ0) is 9.14. The Bertz CT molecular complexity index is 205. The maximum Gasteiger partial charge on any atom is 0.242 e. The molecule has 1 unspecified atom stereocenters. The van der Waals surface area contributed by atoms with Gasteiger partial charge in [-0.2, -0.15) is 0 Å². The summed E-state index contributed by atoms with van der Waals surface area (Å²) in [7, 11) is 0. The number of carbonyl (C=O) groups excluding carboxylic acids is 2. The zero-order valence-corrected chi connectivity index (χ0v) is 7.04. The van der Waals surface area contributed by atoms with E-state index in [0.717, 1.165) is 0 Å². The second-order valence-electron chi connectivity index (χ2n) is 2.76. The molecule has 12 heavy (non-hydrogen) atoms. The van der Waals surface area contributed by atoms with Crippen LogP contribution in [0.25, 0.3) is 0 Å². The van der Waals surface area contributed by atoms with Crippen LogP contribution in [0.4, 0.5) is 0 Å². The Hall–Kier alpha value is -1.10. The summed E-state index contributed by atoms with van der Waals surface area (Å²) >= 11 is 0. The first-order valence-corrected chi connectivity index (χ1v) is 3.94. The minimum Gasteiger partial charge on any atom is -0.353 e. The third-order valence-corrected chi connectivity index (χ3v) is 1.99. The van der Waals surface area contributed by atoms with Gasteiger partial charge in [0.25, 0.3) is 0 Å². The van der Waals surface area contributed by atoms with Crippen LogP contribution in [0.5, 0.6) is 0 Å². The second kappa shape index (κ2) is 3.53. The molecule has 1 rings (SSSR count). The minimum atomic E-state index is -0.380. The molecule has 1 aliphatic rings. The van der Waals surface area contributed by atoms with Gasteiger partial charge in [0, 0.05) is 13.1 Å². The maximum atomic E-state index is 11.1. The van der Waals surface area contributed by atoms with E-state index in [4.69, 9.17) is 5.73 Å². The number of rotatable bonds is 1. The topological polar surface area (TPSA) is 75.4 Å². The molecule has 68 valence electrons. The molecular weight excluding hydrogens is 158 g/mol. The number of nitrogens with two attached hydrogens (primary N) is 1. The van der Waals surface area contributed by atoms with Crippen LogP contribution >= 0.6 is 0 Å². The van der Waals surface area contributed by atoms with Crippen molar-refractivity contribution in [2.24, 2.45) is 5.73 Å². The first-order chi connectivity index (χ1) is 5.66. The predicted molar refractivity (Wildman–Crippen MR) is 43.2 cm³/mol. The molecule has 1 aliphatic heterocycles. The van der Waals surface area contributed by atoms with E-state index in [1.807, 2.05) is 0 Å². The molecule has 0 aliphatic carbocycles. The molecule has 5 nitrogen and oxygen atoms in total. The molecule has 0 radical (unpaired) electrons. The highest BCUT2D eigenvalue weighted by atomic mass is 16.2. The van der Waals surface area contributed by atoms with Gasteiger partial charge >= 0.3 is 0 Å². The zero-order valence-electron chi connectivity index (χ0n) is 7.04. The molecule has 1 atom stereocenters. The lowest BCUT2D eigenvalue weighted by Gasteiger charge is -2.32. The lowest BCUT2D eigenvalue weighted by molar-refractivity contribution is -0.141. The van der Waals surface area contributed by atoms with Gasteiger partial charge in [0.15, 0.2) is 0 Å². The molecular formula is C7H13N3O2. The summed E-state index contributed by atoms with van der Waals surface area (Å²) in [4.78, 5) is 23.7. The monoisotopic (exact) mass is 171 g/mol. The van der Waals surface area contributed by atoms with Crippen molar-refractivity contribution in [3.8, 4) is 0 Å². The van der Waals surface area contributed by atoms with Crippen LogP contribution < -0.4 is 11.1 Å². The van der Waals surface area contributed by atoms with Gasteiger partial charge in [0.2, 0.25) is 11.8 Å². The van der Waals surface area contributed by atoms with E-state index in [-0.39, 0.29) is 24.4 Å². The second-order valence-corrected chi connectivity index (χ2v) is 2.76. The number of carbonyl (C=O) groups is 2. The fourth-order valence-corrected chi connectivity index (χ4v) is 1.24. The molecule has 2 amide bonds. The van der Waals surface area contributed by atoms with Crippen LogP contribution in [0.2, 0.25) is 0 Å². The lowest BCUT2D eigenvalue weighted by atomic mass is 10.2. The average Bonchev–Trinajstić information content (AvgIpc) is 2.08. The van der Waals surface area contributed by atoms with Gasteiger partial charge in [-0.15, -0.1) is 0 Å². The van der Waals surface area contributed by atoms with Gasteiger partial charge in [-0.3, -0.25) is 9.59 Å². The molecule has 1 fully saturated rings. The van der Waals surface area contributed by atoms with Crippen molar-refractivity contribution in [3.63, 3.8) is 0 Å². The largest absolute Gasteiger partial charge is 0.353 e. The van der Waals surface area contributed by atoms with Crippen LogP contribution in [-0.2, 0) is 9.59 Å². The van der Waals surface area contributed by atoms with Crippen LogP contribution in [-0.4, -0.2) is 42.4 Å². The number of amides is 2. The van der Waals surface area contributed by atoms with E-state index in [1.165, 1.54) is 4.90 Å². The molecule has 0 spiro atoms. The van der Waals surface area contributed by atoms with E-state index >= 15 is 0 Å². The third-order valence-electron chi connectivity index (χ3n) is 1.99. The van der Waals surface area contributed by atoms with E-state index < -0.39 is 0 Å². The van der Waals surface area contributed by atoms with Crippen LogP contribution in [0.15, 0.2) is 0 Å². The highest BCUT2D eigenvalue weighted by Crippen LogP contribution is 2.02. The van der Waals surface area contributed by atoms with Gasteiger partial charge in [0.1, 0.15) is 6.04 Å². The summed E-state index contributed by atoms with van der Waals surface area (Å²) in [5, 5.41) is 2.67. The SMILES string of the molecule is CC1C(=O)NCCN1C(=O)CN. The molecule has 5 heteroatoms. The Labute approximate surface area is 70.9 Å². The minimum absolute atomic E-state index is 0.0301. The smallest absolute Gasteiger partial charge is 0.242 e. The lowest BCUT2D eigenvalue weighted by Crippen LogP contribution is -2.57. The normalized spacial score (nSPS) is 23.7. The predicted octanol–water partition coefficient (Wildman–Crippen LogP) is -1.71. The molecule has 3 N–H and O–H groups in total. The number of nitrogens with zero attached hydrogens (tertiary/aromatic N) is 1. The Morgan fingerprint density at radius 1 is 1.83 bits per heavy atom. The first-order valence-electron chi connectivity index (χ1n) is 3.94. The van der Waals surface area contributed by atoms with Gasteiger partial charge in [-0.1, -0.05) is 0 Å². The van der Waals surface area contributed by atoms with Crippen molar-refractivity contribution < 1.29 is 9.59 Å². The molecule has 1 heterocycles. The number of hydrogen-bond donors (Lipinski definition) is 2. The van der Waals surface area contributed by atoms with Gasteiger partial charge in [-0.25, -0.2) is 0 Å². The summed E-state index contributed by atoms with van der Waals surface area (Å²) < 4.78 is 0. The summed E-state index contributed by atoms with van der Waals surface area (Å²) in [5.41, 5.74) is 5.19. The van der Waals surface area contributed by atoms with Gasteiger partial charge in [-0.05, 0) is 6.92 Å². The molecule has 1 saturated heterocycles. The fourth-order valence-electron chi connectivity index (χ4n) is 1.24.